The van der Waals surface area contributed by atoms with Crippen LogP contribution in [-0.2, 0) is 20.7 Å². The van der Waals surface area contributed by atoms with Crippen molar-refractivity contribution in [3.05, 3.63) is 29.8 Å². The fourth-order valence-electron chi connectivity index (χ4n) is 1.66. The maximum atomic E-state index is 11.8. The van der Waals surface area contributed by atoms with Crippen LogP contribution in [0.4, 0.5) is 4.79 Å². The van der Waals surface area contributed by atoms with E-state index in [9.17, 15) is 14.4 Å². The number of phenolic OH excluding ortho intramolecular Hbond substituents is 1. The molecule has 126 valence electrons. The summed E-state index contributed by atoms with van der Waals surface area (Å²) in [5.74, 6) is -1.21. The summed E-state index contributed by atoms with van der Waals surface area (Å²) in [6.45, 7) is 6.71. The van der Waals surface area contributed by atoms with E-state index < -0.39 is 29.6 Å². The van der Waals surface area contributed by atoms with E-state index in [1.165, 1.54) is 19.1 Å². The van der Waals surface area contributed by atoms with Crippen LogP contribution in [0.25, 0.3) is 0 Å². The third kappa shape index (κ3) is 7.30. The maximum Gasteiger partial charge on any atom is 0.321 e. The molecule has 0 spiro atoms. The summed E-state index contributed by atoms with van der Waals surface area (Å²) in [6.07, 6.45) is -1.13. The minimum Gasteiger partial charge on any atom is -0.508 e. The second-order valence-electron chi connectivity index (χ2n) is 6.17. The molecule has 0 saturated carbocycles. The highest BCUT2D eigenvalue weighted by Gasteiger charge is 2.22. The second kappa shape index (κ2) is 7.62. The van der Waals surface area contributed by atoms with E-state index in [-0.39, 0.29) is 12.2 Å². The van der Waals surface area contributed by atoms with Gasteiger partial charge in [0.25, 0.3) is 5.91 Å². The largest absolute Gasteiger partial charge is 0.508 e. The Kier molecular flexibility index (Phi) is 6.12. The average Bonchev–Trinajstić information content (AvgIpc) is 2.38. The summed E-state index contributed by atoms with van der Waals surface area (Å²) in [7, 11) is 0. The second-order valence-corrected chi connectivity index (χ2v) is 6.17. The van der Waals surface area contributed by atoms with Crippen LogP contribution in [0.3, 0.4) is 0 Å². The molecule has 0 aliphatic heterocycles. The lowest BCUT2D eigenvalue weighted by molar-refractivity contribution is -0.153. The Morgan fingerprint density at radius 2 is 1.74 bits per heavy atom. The Morgan fingerprint density at radius 1 is 1.17 bits per heavy atom. The molecule has 0 bridgehead atoms. The van der Waals surface area contributed by atoms with Crippen LogP contribution < -0.4 is 10.6 Å². The minimum absolute atomic E-state index is 0.0356. The molecule has 7 nitrogen and oxygen atoms in total. The molecule has 0 saturated heterocycles. The van der Waals surface area contributed by atoms with Crippen LogP contribution in [-0.4, -0.2) is 34.7 Å². The minimum atomic E-state index is -1.09. The van der Waals surface area contributed by atoms with Crippen LogP contribution in [0.5, 0.6) is 5.75 Å². The number of amides is 3. The van der Waals surface area contributed by atoms with Gasteiger partial charge in [-0.25, -0.2) is 4.79 Å². The number of aromatic hydroxyl groups is 1. The first-order valence-corrected chi connectivity index (χ1v) is 7.17. The van der Waals surface area contributed by atoms with Gasteiger partial charge in [-0.3, -0.25) is 14.9 Å². The van der Waals surface area contributed by atoms with Crippen molar-refractivity contribution >= 4 is 17.9 Å². The van der Waals surface area contributed by atoms with E-state index >= 15 is 0 Å². The van der Waals surface area contributed by atoms with Gasteiger partial charge in [-0.2, -0.15) is 0 Å². The fraction of sp³-hybridized carbons (Fsp3) is 0.438. The number of rotatable bonds is 4. The van der Waals surface area contributed by atoms with Crippen molar-refractivity contribution in [2.45, 2.75) is 45.8 Å². The van der Waals surface area contributed by atoms with Crippen molar-refractivity contribution in [3.8, 4) is 5.75 Å². The van der Waals surface area contributed by atoms with Crippen molar-refractivity contribution in [2.75, 3.05) is 0 Å². The van der Waals surface area contributed by atoms with Gasteiger partial charge in [-0.1, -0.05) is 12.1 Å². The molecule has 3 N–H and O–H groups in total. The van der Waals surface area contributed by atoms with Crippen LogP contribution in [0.2, 0.25) is 0 Å². The fourth-order valence-corrected chi connectivity index (χ4v) is 1.66. The lowest BCUT2D eigenvalue weighted by Gasteiger charge is -2.21. The first-order chi connectivity index (χ1) is 10.6. The van der Waals surface area contributed by atoms with E-state index in [0.29, 0.717) is 5.56 Å². The van der Waals surface area contributed by atoms with Gasteiger partial charge in [0.2, 0.25) is 0 Å². The van der Waals surface area contributed by atoms with Gasteiger partial charge in [-0.05, 0) is 45.4 Å². The number of carbonyl (C=O) groups is 3. The maximum absolute atomic E-state index is 11.8. The van der Waals surface area contributed by atoms with Crippen LogP contribution in [0, 0.1) is 0 Å². The van der Waals surface area contributed by atoms with E-state index in [4.69, 9.17) is 9.84 Å². The Bertz CT molecular complexity index is 575. The predicted octanol–water partition coefficient (Wildman–Crippen LogP) is 1.49. The molecule has 1 aromatic carbocycles. The highest BCUT2D eigenvalue weighted by molar-refractivity contribution is 5.97. The number of carbonyl (C=O) groups excluding carboxylic acids is 3. The van der Waals surface area contributed by atoms with Gasteiger partial charge in [-0.15, -0.1) is 0 Å². The monoisotopic (exact) mass is 322 g/mol. The molecule has 0 unspecified atom stereocenters. The van der Waals surface area contributed by atoms with Crippen LogP contribution in [0.15, 0.2) is 24.3 Å². The van der Waals surface area contributed by atoms with E-state index in [1.807, 2.05) is 0 Å². The van der Waals surface area contributed by atoms with Crippen LogP contribution in [0.1, 0.15) is 33.3 Å². The quantitative estimate of drug-likeness (QED) is 0.729. The molecule has 0 aliphatic rings. The van der Waals surface area contributed by atoms with E-state index in [2.05, 4.69) is 10.6 Å². The molecular formula is C16H22N2O5. The third-order valence-electron chi connectivity index (χ3n) is 2.69. The lowest BCUT2D eigenvalue weighted by atomic mass is 10.1. The zero-order valence-corrected chi connectivity index (χ0v) is 13.7. The molecular weight excluding hydrogens is 300 g/mol. The molecule has 0 aliphatic carbocycles. The summed E-state index contributed by atoms with van der Waals surface area (Å²) < 4.78 is 4.98. The molecule has 1 atom stereocenters. The average molecular weight is 322 g/mol. The number of phenols is 1. The summed E-state index contributed by atoms with van der Waals surface area (Å²) in [5, 5.41) is 13.8. The Hall–Kier alpha value is -2.57. The number of urea groups is 1. The van der Waals surface area contributed by atoms with Crippen molar-refractivity contribution in [2.24, 2.45) is 0 Å². The standard InChI is InChI=1S/C16H22N2O5/c1-10(14(21)17-15(22)18-16(2,3)4)23-13(20)9-11-5-7-12(19)8-6-11/h5-8,10,19H,9H2,1-4H3,(H2,17,18,21,22)/t10-/m0/s1. The van der Waals surface area contributed by atoms with Gasteiger partial charge in [0, 0.05) is 5.54 Å². The van der Waals surface area contributed by atoms with Crippen LogP contribution >= 0.6 is 0 Å². The molecule has 1 rings (SSSR count). The first-order valence-electron chi connectivity index (χ1n) is 7.17. The van der Waals surface area contributed by atoms with Crippen molar-refractivity contribution < 1.29 is 24.2 Å². The van der Waals surface area contributed by atoms with Gasteiger partial charge in [0.05, 0.1) is 6.42 Å². The summed E-state index contributed by atoms with van der Waals surface area (Å²) >= 11 is 0. The van der Waals surface area contributed by atoms with Crippen molar-refractivity contribution in [1.82, 2.24) is 10.6 Å². The lowest BCUT2D eigenvalue weighted by Crippen LogP contribution is -2.50. The number of imide groups is 1. The zero-order valence-electron chi connectivity index (χ0n) is 13.7. The number of esters is 1. The third-order valence-corrected chi connectivity index (χ3v) is 2.69. The van der Waals surface area contributed by atoms with E-state index in [1.54, 1.807) is 32.9 Å². The number of hydrogen-bond acceptors (Lipinski definition) is 5. The molecule has 23 heavy (non-hydrogen) atoms. The van der Waals surface area contributed by atoms with Crippen molar-refractivity contribution in [1.29, 1.82) is 0 Å². The Morgan fingerprint density at radius 3 is 2.26 bits per heavy atom. The summed E-state index contributed by atoms with van der Waals surface area (Å²) in [4.78, 5) is 35.1. The topological polar surface area (TPSA) is 105 Å². The van der Waals surface area contributed by atoms with E-state index in [0.717, 1.165) is 0 Å². The zero-order chi connectivity index (χ0) is 17.6. The van der Waals surface area contributed by atoms with Crippen molar-refractivity contribution in [3.63, 3.8) is 0 Å². The molecule has 7 heteroatoms. The number of hydrogen-bond donors (Lipinski definition) is 3. The SMILES string of the molecule is C[C@H](OC(=O)Cc1ccc(O)cc1)C(=O)NC(=O)NC(C)(C)C. The number of benzene rings is 1. The molecule has 0 heterocycles. The molecule has 0 fully saturated rings. The summed E-state index contributed by atoms with van der Waals surface area (Å²) in [6, 6.07) is 5.42. The molecule has 0 aromatic heterocycles. The normalized spacial score (nSPS) is 12.2. The number of nitrogens with one attached hydrogen (secondary N) is 2. The Labute approximate surface area is 135 Å². The van der Waals surface area contributed by atoms with Gasteiger partial charge in [0.15, 0.2) is 6.10 Å². The molecule has 1 aromatic rings. The predicted molar refractivity (Wildman–Crippen MR) is 83.8 cm³/mol. The number of ether oxygens (including phenoxy) is 1. The molecule has 3 amide bonds. The van der Waals surface area contributed by atoms with Gasteiger partial charge < -0.3 is 15.2 Å². The summed E-state index contributed by atoms with van der Waals surface area (Å²) in [5.41, 5.74) is 0.161. The highest BCUT2D eigenvalue weighted by atomic mass is 16.5. The first kappa shape index (κ1) is 18.5. The van der Waals surface area contributed by atoms with Gasteiger partial charge in [0.1, 0.15) is 5.75 Å². The smallest absolute Gasteiger partial charge is 0.321 e. The van der Waals surface area contributed by atoms with Gasteiger partial charge >= 0.3 is 12.0 Å². The Balaban J connectivity index is 2.46. The highest BCUT2D eigenvalue weighted by Crippen LogP contribution is 2.10. The molecule has 0 radical (unpaired) electrons.